The first-order valence-corrected chi connectivity index (χ1v) is 15.3. The number of rotatable bonds is 9. The maximum Gasteiger partial charge on any atom is 0.250 e. The van der Waals surface area contributed by atoms with Gasteiger partial charge >= 0.3 is 0 Å². The number of thiophene rings is 1. The molecule has 4 amide bonds. The van der Waals surface area contributed by atoms with Gasteiger partial charge in [-0.3, -0.25) is 24.1 Å². The van der Waals surface area contributed by atoms with Gasteiger partial charge in [0.15, 0.2) is 0 Å². The van der Waals surface area contributed by atoms with Crippen LogP contribution in [-0.4, -0.2) is 57.2 Å². The fourth-order valence-corrected chi connectivity index (χ4v) is 6.91. The molecule has 4 N–H and O–H groups in total. The highest BCUT2D eigenvalue weighted by Crippen LogP contribution is 2.39. The molecule has 0 saturated heterocycles. The fraction of sp³-hybridized carbons (Fsp3) is 0.355. The van der Waals surface area contributed by atoms with Crippen LogP contribution in [0.15, 0.2) is 54.0 Å². The minimum atomic E-state index is -0.851. The molecule has 0 radical (unpaired) electrons. The van der Waals surface area contributed by atoms with Crippen LogP contribution >= 0.6 is 11.3 Å². The van der Waals surface area contributed by atoms with Crippen LogP contribution in [0.5, 0.6) is 0 Å². The number of nitrogens with one attached hydrogen (secondary N) is 4. The molecule has 4 aromatic rings. The van der Waals surface area contributed by atoms with Gasteiger partial charge in [-0.05, 0) is 52.3 Å². The Bertz CT molecular complexity index is 1680. The van der Waals surface area contributed by atoms with Crippen molar-refractivity contribution in [1.29, 1.82) is 0 Å². The van der Waals surface area contributed by atoms with Gasteiger partial charge in [0, 0.05) is 11.1 Å². The fourth-order valence-electron chi connectivity index (χ4n) is 5.94. The largest absolute Gasteiger partial charge is 0.348 e. The van der Waals surface area contributed by atoms with Gasteiger partial charge in [0.2, 0.25) is 23.6 Å². The van der Waals surface area contributed by atoms with Crippen LogP contribution in [0.2, 0.25) is 0 Å². The molecule has 3 atom stereocenters. The van der Waals surface area contributed by atoms with Gasteiger partial charge < -0.3 is 16.0 Å². The van der Waals surface area contributed by atoms with Gasteiger partial charge in [-0.2, -0.15) is 15.4 Å². The van der Waals surface area contributed by atoms with Crippen LogP contribution in [0.3, 0.4) is 0 Å². The molecule has 43 heavy (non-hydrogen) atoms. The molecule has 12 heteroatoms. The smallest absolute Gasteiger partial charge is 0.250 e. The number of aryl methyl sites for hydroxylation is 1. The number of hydrogen-bond acceptors (Lipinski definition) is 7. The summed E-state index contributed by atoms with van der Waals surface area (Å²) in [5, 5.41) is 21.9. The first-order valence-electron chi connectivity index (χ1n) is 14.4. The van der Waals surface area contributed by atoms with Crippen molar-refractivity contribution in [3.05, 3.63) is 76.4 Å². The van der Waals surface area contributed by atoms with Crippen LogP contribution in [0.4, 0.5) is 5.69 Å². The minimum Gasteiger partial charge on any atom is -0.348 e. The SMILES string of the molecule is CC(C)[C@H](NC(=O)Cc1csc2ccccc12)C(=O)N[C@H]1CCc2cccc3c2N(C1=O)[C@H](C(=O)NCc1cn[nH]n1)C3. The number of para-hydroxylation sites is 1. The summed E-state index contributed by atoms with van der Waals surface area (Å²) >= 11 is 1.58. The number of nitrogens with zero attached hydrogens (tertiary/aromatic N) is 3. The topological polar surface area (TPSA) is 149 Å². The Morgan fingerprint density at radius 1 is 1.12 bits per heavy atom. The van der Waals surface area contributed by atoms with Gasteiger partial charge in [0.1, 0.15) is 23.8 Å². The van der Waals surface area contributed by atoms with E-state index in [2.05, 4.69) is 31.4 Å². The molecule has 4 heterocycles. The van der Waals surface area contributed by atoms with E-state index in [9.17, 15) is 19.2 Å². The Kier molecular flexibility index (Phi) is 7.94. The van der Waals surface area contributed by atoms with Gasteiger partial charge in [0.25, 0.3) is 0 Å². The Balaban J connectivity index is 1.16. The van der Waals surface area contributed by atoms with E-state index in [1.54, 1.807) is 16.2 Å². The highest BCUT2D eigenvalue weighted by Gasteiger charge is 2.44. The Hall–Kier alpha value is -4.58. The van der Waals surface area contributed by atoms with Crippen molar-refractivity contribution in [1.82, 2.24) is 31.4 Å². The summed E-state index contributed by atoms with van der Waals surface area (Å²) < 4.78 is 1.10. The first-order chi connectivity index (χ1) is 20.8. The average Bonchev–Trinajstić information content (AvgIpc) is 3.73. The van der Waals surface area contributed by atoms with Gasteiger partial charge in [0.05, 0.1) is 24.8 Å². The first kappa shape index (κ1) is 28.5. The van der Waals surface area contributed by atoms with E-state index < -0.39 is 24.0 Å². The van der Waals surface area contributed by atoms with Crippen molar-refractivity contribution in [3.63, 3.8) is 0 Å². The zero-order valence-electron chi connectivity index (χ0n) is 23.9. The van der Waals surface area contributed by atoms with Crippen molar-refractivity contribution in [2.45, 2.75) is 64.2 Å². The van der Waals surface area contributed by atoms with E-state index in [1.807, 2.05) is 61.7 Å². The van der Waals surface area contributed by atoms with E-state index >= 15 is 0 Å². The van der Waals surface area contributed by atoms with Crippen LogP contribution < -0.4 is 20.9 Å². The number of anilines is 1. The number of carbonyl (C=O) groups excluding carboxylic acids is 4. The number of fused-ring (bicyclic) bond motifs is 1. The second-order valence-electron chi connectivity index (χ2n) is 11.4. The molecule has 0 saturated carbocycles. The number of aromatic nitrogens is 3. The number of benzene rings is 2. The van der Waals surface area contributed by atoms with Gasteiger partial charge in [-0.15, -0.1) is 11.3 Å². The summed E-state index contributed by atoms with van der Waals surface area (Å²) in [6.07, 6.45) is 3.00. The number of hydrogen-bond donors (Lipinski definition) is 4. The molecule has 0 aliphatic carbocycles. The third-order valence-electron chi connectivity index (χ3n) is 8.11. The summed E-state index contributed by atoms with van der Waals surface area (Å²) in [7, 11) is 0. The third kappa shape index (κ3) is 5.74. The number of carbonyl (C=O) groups is 4. The molecule has 0 fully saturated rings. The van der Waals surface area contributed by atoms with E-state index in [4.69, 9.17) is 0 Å². The molecule has 11 nitrogen and oxygen atoms in total. The predicted molar refractivity (Wildman–Crippen MR) is 162 cm³/mol. The molecular weight excluding hydrogens is 566 g/mol. The summed E-state index contributed by atoms with van der Waals surface area (Å²) in [6, 6.07) is 11.3. The van der Waals surface area contributed by atoms with Crippen molar-refractivity contribution >= 4 is 50.7 Å². The van der Waals surface area contributed by atoms with E-state index in [1.165, 1.54) is 6.20 Å². The summed E-state index contributed by atoms with van der Waals surface area (Å²) in [5.41, 5.74) is 4.13. The molecule has 6 rings (SSSR count). The Morgan fingerprint density at radius 3 is 2.72 bits per heavy atom. The maximum absolute atomic E-state index is 14.0. The Morgan fingerprint density at radius 2 is 1.93 bits per heavy atom. The highest BCUT2D eigenvalue weighted by molar-refractivity contribution is 7.17. The summed E-state index contributed by atoms with van der Waals surface area (Å²) in [6.45, 7) is 3.89. The molecule has 2 aliphatic heterocycles. The molecule has 2 aromatic carbocycles. The lowest BCUT2D eigenvalue weighted by Crippen LogP contribution is -2.58. The Labute approximate surface area is 252 Å². The lowest BCUT2D eigenvalue weighted by atomic mass is 9.99. The van der Waals surface area contributed by atoms with E-state index in [0.29, 0.717) is 25.0 Å². The van der Waals surface area contributed by atoms with Crippen LogP contribution in [0, 0.1) is 5.92 Å². The van der Waals surface area contributed by atoms with Gasteiger partial charge in [-0.1, -0.05) is 50.2 Å². The molecule has 2 aromatic heterocycles. The summed E-state index contributed by atoms with van der Waals surface area (Å²) in [5.74, 6) is -1.54. The maximum atomic E-state index is 14.0. The van der Waals surface area contributed by atoms with Crippen molar-refractivity contribution < 1.29 is 19.2 Å². The van der Waals surface area contributed by atoms with E-state index in [-0.39, 0.29) is 36.6 Å². The highest BCUT2D eigenvalue weighted by atomic mass is 32.1. The molecule has 0 spiro atoms. The normalized spacial score (nSPS) is 18.3. The molecule has 222 valence electrons. The summed E-state index contributed by atoms with van der Waals surface area (Å²) in [4.78, 5) is 55.6. The zero-order chi connectivity index (χ0) is 30.1. The quantitative estimate of drug-likeness (QED) is 0.232. The van der Waals surface area contributed by atoms with Crippen molar-refractivity contribution in [2.24, 2.45) is 5.92 Å². The van der Waals surface area contributed by atoms with E-state index in [0.717, 1.165) is 32.5 Å². The van der Waals surface area contributed by atoms with Crippen molar-refractivity contribution in [2.75, 3.05) is 4.90 Å². The zero-order valence-corrected chi connectivity index (χ0v) is 24.7. The van der Waals surface area contributed by atoms with Crippen molar-refractivity contribution in [3.8, 4) is 0 Å². The molecule has 0 unspecified atom stereocenters. The van der Waals surface area contributed by atoms with Crippen LogP contribution in [-0.2, 0) is 45.0 Å². The van der Waals surface area contributed by atoms with Crippen LogP contribution in [0.1, 0.15) is 42.7 Å². The lowest BCUT2D eigenvalue weighted by molar-refractivity contribution is -0.132. The molecule has 0 bridgehead atoms. The number of H-pyrrole nitrogens is 1. The molecule has 2 aliphatic rings. The minimum absolute atomic E-state index is 0.153. The second-order valence-corrected chi connectivity index (χ2v) is 12.3. The number of aromatic amines is 1. The predicted octanol–water partition coefficient (Wildman–Crippen LogP) is 2.41. The lowest BCUT2D eigenvalue weighted by Gasteiger charge is -2.29. The molecular formula is C31H33N7O4S. The standard InChI is InChI=1S/C31H33N7O4S/c1-17(2)27(35-26(39)13-20-16-43-25-9-4-3-8-22(20)25)30(41)34-23-11-10-18-6-5-7-19-12-24(38(28(18)19)31(23)42)29(40)32-14-21-15-33-37-36-21/h3-9,15-17,23-24,27H,10-14H2,1-2H3,(H,32,40)(H,34,41)(H,35,39)(H,33,36,37)/t23-,24-,27-/m0/s1. The monoisotopic (exact) mass is 599 g/mol. The third-order valence-corrected chi connectivity index (χ3v) is 9.12. The number of amides is 4. The van der Waals surface area contributed by atoms with Gasteiger partial charge in [-0.25, -0.2) is 0 Å². The van der Waals surface area contributed by atoms with Crippen LogP contribution in [0.25, 0.3) is 10.1 Å². The second kappa shape index (κ2) is 12.0. The average molecular weight is 600 g/mol.